The van der Waals surface area contributed by atoms with Crippen molar-refractivity contribution in [2.45, 2.75) is 19.4 Å². The third-order valence-electron chi connectivity index (χ3n) is 4.11. The molecule has 2 amide bonds. The molecule has 2 heterocycles. The van der Waals surface area contributed by atoms with E-state index >= 15 is 0 Å². The molecule has 0 bridgehead atoms. The molecule has 102 valence electrons. The minimum Gasteiger partial charge on any atom is -0.336 e. The molecule has 5 nitrogen and oxygen atoms in total. The van der Waals surface area contributed by atoms with E-state index in [1.54, 1.807) is 12.5 Å². The monoisotopic (exact) mass is 260 g/mol. The van der Waals surface area contributed by atoms with Gasteiger partial charge in [0.15, 0.2) is 0 Å². The van der Waals surface area contributed by atoms with E-state index in [-0.39, 0.29) is 6.03 Å². The van der Waals surface area contributed by atoms with E-state index < -0.39 is 0 Å². The lowest BCUT2D eigenvalue weighted by Gasteiger charge is -2.17. The van der Waals surface area contributed by atoms with Gasteiger partial charge in [-0.15, -0.1) is 0 Å². The largest absolute Gasteiger partial charge is 0.336 e. The molecule has 0 radical (unpaired) electrons. The summed E-state index contributed by atoms with van der Waals surface area (Å²) in [4.78, 5) is 18.0. The number of amides is 2. The molecule has 2 aliphatic rings. The number of rotatable bonds is 3. The zero-order valence-electron chi connectivity index (χ0n) is 11.0. The Balaban J connectivity index is 1.44. The predicted molar refractivity (Wildman–Crippen MR) is 72.6 cm³/mol. The molecular weight excluding hydrogens is 240 g/mol. The Hall–Kier alpha value is -1.78. The van der Waals surface area contributed by atoms with Gasteiger partial charge >= 0.3 is 6.03 Å². The van der Waals surface area contributed by atoms with Crippen LogP contribution in [0, 0.1) is 11.8 Å². The molecule has 1 aromatic rings. The van der Waals surface area contributed by atoms with Gasteiger partial charge in [-0.1, -0.05) is 12.2 Å². The van der Waals surface area contributed by atoms with Crippen LogP contribution in [-0.2, 0) is 6.54 Å². The first-order valence-corrected chi connectivity index (χ1v) is 6.96. The van der Waals surface area contributed by atoms with Gasteiger partial charge in [0.25, 0.3) is 0 Å². The van der Waals surface area contributed by atoms with Gasteiger partial charge in [0.2, 0.25) is 0 Å². The Morgan fingerprint density at radius 3 is 2.63 bits per heavy atom. The van der Waals surface area contributed by atoms with Crippen molar-refractivity contribution >= 4 is 6.03 Å². The fraction of sp³-hybridized carbons (Fsp3) is 0.571. The van der Waals surface area contributed by atoms with Gasteiger partial charge in [-0.3, -0.25) is 0 Å². The lowest BCUT2D eigenvalue weighted by atomic mass is 9.86. The second-order valence-corrected chi connectivity index (χ2v) is 5.40. The fourth-order valence-electron chi connectivity index (χ4n) is 3.00. The number of nitrogens with one attached hydrogen (secondary N) is 1. The van der Waals surface area contributed by atoms with Crippen LogP contribution in [0.3, 0.4) is 0 Å². The summed E-state index contributed by atoms with van der Waals surface area (Å²) in [6.45, 7) is 3.24. The quantitative estimate of drug-likeness (QED) is 0.837. The van der Waals surface area contributed by atoms with Crippen molar-refractivity contribution in [1.29, 1.82) is 0 Å². The Kier molecular flexibility index (Phi) is 3.53. The number of carbonyl (C=O) groups is 1. The molecule has 0 spiro atoms. The molecule has 5 heteroatoms. The highest BCUT2D eigenvalue weighted by Crippen LogP contribution is 2.32. The molecule has 1 aromatic heterocycles. The molecule has 1 aliphatic carbocycles. The lowest BCUT2D eigenvalue weighted by Crippen LogP contribution is -2.40. The number of carbonyl (C=O) groups excluding carboxylic acids is 1. The second-order valence-electron chi connectivity index (χ2n) is 5.40. The van der Waals surface area contributed by atoms with Crippen molar-refractivity contribution in [2.75, 3.05) is 19.6 Å². The molecule has 0 aromatic carbocycles. The van der Waals surface area contributed by atoms with Crippen molar-refractivity contribution in [2.24, 2.45) is 11.8 Å². The molecule has 19 heavy (non-hydrogen) atoms. The topological polar surface area (TPSA) is 50.2 Å². The molecule has 1 saturated heterocycles. The number of imidazole rings is 1. The van der Waals surface area contributed by atoms with Crippen molar-refractivity contribution in [3.05, 3.63) is 30.9 Å². The highest BCUT2D eigenvalue weighted by atomic mass is 16.2. The molecule has 0 saturated carbocycles. The van der Waals surface area contributed by atoms with Gasteiger partial charge in [0.1, 0.15) is 0 Å². The summed E-state index contributed by atoms with van der Waals surface area (Å²) in [7, 11) is 0. The predicted octanol–water partition coefficient (Wildman–Crippen LogP) is 1.49. The van der Waals surface area contributed by atoms with Crippen LogP contribution in [0.25, 0.3) is 0 Å². The number of fused-ring (bicyclic) bond motifs is 1. The van der Waals surface area contributed by atoms with Crippen LogP contribution in [0.4, 0.5) is 4.79 Å². The van der Waals surface area contributed by atoms with E-state index in [0.29, 0.717) is 18.4 Å². The van der Waals surface area contributed by atoms with Crippen LogP contribution >= 0.6 is 0 Å². The first-order chi connectivity index (χ1) is 9.33. The van der Waals surface area contributed by atoms with Crippen molar-refractivity contribution in [3.8, 4) is 0 Å². The SMILES string of the molecule is O=C(NCCn1ccnc1)N1C[C@H]2CC=CC[C@H]2C1. The summed E-state index contributed by atoms with van der Waals surface area (Å²) in [6.07, 6.45) is 12.2. The number of allylic oxidation sites excluding steroid dienone is 2. The number of nitrogens with zero attached hydrogens (tertiary/aromatic N) is 3. The molecule has 1 aliphatic heterocycles. The Morgan fingerprint density at radius 1 is 1.26 bits per heavy atom. The normalized spacial score (nSPS) is 25.4. The first kappa shape index (κ1) is 12.3. The van der Waals surface area contributed by atoms with E-state index in [4.69, 9.17) is 0 Å². The average Bonchev–Trinajstić information content (AvgIpc) is 3.07. The molecule has 1 fully saturated rings. The first-order valence-electron chi connectivity index (χ1n) is 6.96. The van der Waals surface area contributed by atoms with Crippen LogP contribution < -0.4 is 5.32 Å². The maximum absolute atomic E-state index is 12.1. The number of aromatic nitrogens is 2. The summed E-state index contributed by atoms with van der Waals surface area (Å²) in [5.74, 6) is 1.34. The van der Waals surface area contributed by atoms with Gasteiger partial charge in [0.05, 0.1) is 6.33 Å². The average molecular weight is 260 g/mol. The second kappa shape index (κ2) is 5.47. The highest BCUT2D eigenvalue weighted by Gasteiger charge is 2.34. The third-order valence-corrected chi connectivity index (χ3v) is 4.11. The lowest BCUT2D eigenvalue weighted by molar-refractivity contribution is 0.206. The molecule has 0 unspecified atom stereocenters. The minimum absolute atomic E-state index is 0.0783. The van der Waals surface area contributed by atoms with Gasteiger partial charge < -0.3 is 14.8 Å². The van der Waals surface area contributed by atoms with E-state index in [1.165, 1.54) is 0 Å². The summed E-state index contributed by atoms with van der Waals surface area (Å²) in [6, 6.07) is 0.0783. The number of hydrogen-bond donors (Lipinski definition) is 1. The van der Waals surface area contributed by atoms with Crippen LogP contribution in [0.2, 0.25) is 0 Å². The molecular formula is C14H20N4O. The van der Waals surface area contributed by atoms with Crippen LogP contribution in [0.1, 0.15) is 12.8 Å². The minimum atomic E-state index is 0.0783. The third kappa shape index (κ3) is 2.80. The van der Waals surface area contributed by atoms with Gasteiger partial charge in [0, 0.05) is 38.6 Å². The smallest absolute Gasteiger partial charge is 0.317 e. The van der Waals surface area contributed by atoms with E-state index in [1.807, 2.05) is 15.7 Å². The van der Waals surface area contributed by atoms with Crippen molar-refractivity contribution in [3.63, 3.8) is 0 Å². The van der Waals surface area contributed by atoms with Gasteiger partial charge in [-0.25, -0.2) is 9.78 Å². The van der Waals surface area contributed by atoms with E-state index in [9.17, 15) is 4.79 Å². The highest BCUT2D eigenvalue weighted by molar-refractivity contribution is 5.74. The van der Waals surface area contributed by atoms with Gasteiger partial charge in [-0.05, 0) is 24.7 Å². The zero-order chi connectivity index (χ0) is 13.1. The summed E-state index contributed by atoms with van der Waals surface area (Å²) < 4.78 is 1.97. The fourth-order valence-corrected chi connectivity index (χ4v) is 3.00. The van der Waals surface area contributed by atoms with Crippen molar-refractivity contribution in [1.82, 2.24) is 19.8 Å². The number of hydrogen-bond acceptors (Lipinski definition) is 2. The summed E-state index contributed by atoms with van der Waals surface area (Å²) >= 11 is 0. The van der Waals surface area contributed by atoms with E-state index in [0.717, 1.165) is 32.5 Å². The molecule has 2 atom stereocenters. The Labute approximate surface area is 113 Å². The molecule has 3 rings (SSSR count). The standard InChI is InChI=1S/C14H20N4O/c19-14(16-6-8-17-7-5-15-11-17)18-9-12-3-1-2-4-13(12)10-18/h1-2,5,7,11-13H,3-4,6,8-10H2,(H,16,19)/t12-,13+. The van der Waals surface area contributed by atoms with Crippen LogP contribution in [0.5, 0.6) is 0 Å². The number of urea groups is 1. The van der Waals surface area contributed by atoms with Crippen molar-refractivity contribution < 1.29 is 4.79 Å². The number of likely N-dealkylation sites (tertiary alicyclic amines) is 1. The Bertz CT molecular complexity index is 438. The maximum atomic E-state index is 12.1. The summed E-state index contributed by atoms with van der Waals surface area (Å²) in [5, 5.41) is 2.99. The summed E-state index contributed by atoms with van der Waals surface area (Å²) in [5.41, 5.74) is 0. The molecule has 1 N–H and O–H groups in total. The van der Waals surface area contributed by atoms with Gasteiger partial charge in [-0.2, -0.15) is 0 Å². The van der Waals surface area contributed by atoms with E-state index in [2.05, 4.69) is 22.5 Å². The van der Waals surface area contributed by atoms with Crippen LogP contribution in [-0.4, -0.2) is 40.1 Å². The zero-order valence-corrected chi connectivity index (χ0v) is 11.0. The Morgan fingerprint density at radius 2 is 2.00 bits per heavy atom. The van der Waals surface area contributed by atoms with Crippen LogP contribution in [0.15, 0.2) is 30.9 Å². The maximum Gasteiger partial charge on any atom is 0.317 e.